The lowest BCUT2D eigenvalue weighted by Crippen LogP contribution is -1.90. The maximum Gasteiger partial charge on any atom is -0.00253 e. The Kier molecular flexibility index (Phi) is 4.89. The highest BCUT2D eigenvalue weighted by Crippen LogP contribution is 2.25. The third kappa shape index (κ3) is 4.17. The van der Waals surface area contributed by atoms with Crippen molar-refractivity contribution in [2.24, 2.45) is 0 Å². The van der Waals surface area contributed by atoms with E-state index in [0.29, 0.717) is 0 Å². The van der Waals surface area contributed by atoms with E-state index in [1.54, 1.807) is 0 Å². The number of rotatable bonds is 4. The van der Waals surface area contributed by atoms with Crippen LogP contribution in [-0.4, -0.2) is 0 Å². The largest absolute Gasteiger partial charge is 0.0614 e. The first kappa shape index (κ1) is 17.3. The van der Waals surface area contributed by atoms with Crippen LogP contribution in [0.15, 0.2) is 97.1 Å². The molecule has 0 unspecified atom stereocenters. The lowest BCUT2D eigenvalue weighted by Gasteiger charge is -2.09. The van der Waals surface area contributed by atoms with Gasteiger partial charge in [0.05, 0.1) is 0 Å². The molecule has 0 spiro atoms. The van der Waals surface area contributed by atoms with Gasteiger partial charge < -0.3 is 0 Å². The first-order chi connectivity index (χ1) is 13.2. The molecule has 0 aliphatic heterocycles. The zero-order valence-corrected chi connectivity index (χ0v) is 15.9. The van der Waals surface area contributed by atoms with Crippen LogP contribution in [0.25, 0.3) is 22.3 Å². The summed E-state index contributed by atoms with van der Waals surface area (Å²) in [6.07, 6.45) is 0.944. The van der Waals surface area contributed by atoms with Crippen molar-refractivity contribution in [3.05, 3.63) is 119 Å². The SMILES string of the molecule is Cc1ccc(-c2cccc(Cc3cccc(-c4cccc(C)c4)c3)c2)cc1. The molecular formula is C27H24. The predicted molar refractivity (Wildman–Crippen MR) is 116 cm³/mol. The quantitative estimate of drug-likeness (QED) is 0.365. The molecule has 0 nitrogen and oxygen atoms in total. The van der Waals surface area contributed by atoms with Gasteiger partial charge in [-0.2, -0.15) is 0 Å². The van der Waals surface area contributed by atoms with E-state index in [2.05, 4.69) is 111 Å². The lowest BCUT2D eigenvalue weighted by molar-refractivity contribution is 1.19. The molecule has 0 saturated carbocycles. The van der Waals surface area contributed by atoms with E-state index in [0.717, 1.165) is 6.42 Å². The summed E-state index contributed by atoms with van der Waals surface area (Å²) in [5.41, 5.74) is 10.4. The summed E-state index contributed by atoms with van der Waals surface area (Å²) in [7, 11) is 0. The van der Waals surface area contributed by atoms with Crippen LogP contribution < -0.4 is 0 Å². The minimum atomic E-state index is 0.944. The second-order valence-electron chi connectivity index (χ2n) is 7.31. The van der Waals surface area contributed by atoms with Crippen molar-refractivity contribution < 1.29 is 0 Å². The zero-order chi connectivity index (χ0) is 18.6. The van der Waals surface area contributed by atoms with Crippen LogP contribution in [0.5, 0.6) is 0 Å². The van der Waals surface area contributed by atoms with E-state index in [4.69, 9.17) is 0 Å². The zero-order valence-electron chi connectivity index (χ0n) is 15.9. The van der Waals surface area contributed by atoms with E-state index >= 15 is 0 Å². The maximum atomic E-state index is 2.31. The van der Waals surface area contributed by atoms with Crippen molar-refractivity contribution in [1.82, 2.24) is 0 Å². The van der Waals surface area contributed by atoms with E-state index in [-0.39, 0.29) is 0 Å². The molecule has 27 heavy (non-hydrogen) atoms. The second kappa shape index (κ2) is 7.63. The van der Waals surface area contributed by atoms with E-state index in [9.17, 15) is 0 Å². The molecule has 132 valence electrons. The van der Waals surface area contributed by atoms with Gasteiger partial charge in [0.1, 0.15) is 0 Å². The summed E-state index contributed by atoms with van der Waals surface area (Å²) >= 11 is 0. The van der Waals surface area contributed by atoms with Crippen LogP contribution in [0.4, 0.5) is 0 Å². The Bertz CT molecular complexity index is 1060. The van der Waals surface area contributed by atoms with Gasteiger partial charge in [-0.05, 0) is 53.6 Å². The lowest BCUT2D eigenvalue weighted by atomic mass is 9.96. The molecule has 4 aromatic carbocycles. The Morgan fingerprint density at radius 3 is 1.56 bits per heavy atom. The van der Waals surface area contributed by atoms with Gasteiger partial charge in [0.25, 0.3) is 0 Å². The van der Waals surface area contributed by atoms with Gasteiger partial charge in [-0.3, -0.25) is 0 Å². The Hall–Kier alpha value is -3.12. The smallest absolute Gasteiger partial charge is 0.00253 e. The van der Waals surface area contributed by atoms with Crippen molar-refractivity contribution >= 4 is 0 Å². The molecule has 0 fully saturated rings. The van der Waals surface area contributed by atoms with Crippen LogP contribution in [-0.2, 0) is 6.42 Å². The van der Waals surface area contributed by atoms with Crippen LogP contribution in [0.2, 0.25) is 0 Å². The molecule has 0 N–H and O–H groups in total. The highest BCUT2D eigenvalue weighted by Gasteiger charge is 2.03. The minimum Gasteiger partial charge on any atom is -0.0614 e. The molecule has 0 aliphatic rings. The maximum absolute atomic E-state index is 2.31. The first-order valence-electron chi connectivity index (χ1n) is 9.49. The fourth-order valence-electron chi connectivity index (χ4n) is 3.53. The highest BCUT2D eigenvalue weighted by molar-refractivity contribution is 5.66. The fraction of sp³-hybridized carbons (Fsp3) is 0.111. The molecule has 0 amide bonds. The van der Waals surface area contributed by atoms with Crippen molar-refractivity contribution in [3.8, 4) is 22.3 Å². The monoisotopic (exact) mass is 348 g/mol. The molecule has 4 aromatic rings. The molecule has 0 radical (unpaired) electrons. The van der Waals surface area contributed by atoms with Crippen LogP contribution in [0.1, 0.15) is 22.3 Å². The van der Waals surface area contributed by atoms with Crippen molar-refractivity contribution in [2.75, 3.05) is 0 Å². The standard InChI is InChI=1S/C27H24/c1-20-12-14-24(15-13-20)26-10-4-7-22(18-26)17-23-8-5-11-27(19-23)25-9-3-6-21(2)16-25/h3-16,18-19H,17H2,1-2H3. The molecule has 4 rings (SSSR count). The summed E-state index contributed by atoms with van der Waals surface area (Å²) < 4.78 is 0. The highest BCUT2D eigenvalue weighted by atomic mass is 14.1. The minimum absolute atomic E-state index is 0.944. The summed E-state index contributed by atoms with van der Waals surface area (Å²) in [5.74, 6) is 0. The molecule has 0 heteroatoms. The van der Waals surface area contributed by atoms with Gasteiger partial charge in [-0.25, -0.2) is 0 Å². The summed E-state index contributed by atoms with van der Waals surface area (Å²) in [5, 5.41) is 0. The van der Waals surface area contributed by atoms with Gasteiger partial charge in [0.15, 0.2) is 0 Å². The number of hydrogen-bond donors (Lipinski definition) is 0. The number of aryl methyl sites for hydroxylation is 2. The summed E-state index contributed by atoms with van der Waals surface area (Å²) in [6.45, 7) is 4.27. The fourth-order valence-corrected chi connectivity index (χ4v) is 3.53. The molecule has 0 heterocycles. The Morgan fingerprint density at radius 1 is 0.444 bits per heavy atom. The van der Waals surface area contributed by atoms with Gasteiger partial charge in [0.2, 0.25) is 0 Å². The molecule has 0 bridgehead atoms. The average molecular weight is 348 g/mol. The van der Waals surface area contributed by atoms with Gasteiger partial charge in [-0.15, -0.1) is 0 Å². The van der Waals surface area contributed by atoms with Crippen molar-refractivity contribution in [3.63, 3.8) is 0 Å². The Balaban J connectivity index is 1.60. The third-order valence-electron chi connectivity index (χ3n) is 5.00. The van der Waals surface area contributed by atoms with Crippen LogP contribution >= 0.6 is 0 Å². The van der Waals surface area contributed by atoms with Crippen molar-refractivity contribution in [2.45, 2.75) is 20.3 Å². The van der Waals surface area contributed by atoms with Gasteiger partial charge >= 0.3 is 0 Å². The normalized spacial score (nSPS) is 10.7. The van der Waals surface area contributed by atoms with E-state index in [1.165, 1.54) is 44.5 Å². The Morgan fingerprint density at radius 2 is 0.963 bits per heavy atom. The van der Waals surface area contributed by atoms with Gasteiger partial charge in [-0.1, -0.05) is 108 Å². The van der Waals surface area contributed by atoms with Crippen molar-refractivity contribution in [1.29, 1.82) is 0 Å². The third-order valence-corrected chi connectivity index (χ3v) is 5.00. The number of hydrogen-bond acceptors (Lipinski definition) is 0. The molecule has 0 atom stereocenters. The average Bonchev–Trinajstić information content (AvgIpc) is 2.69. The molecule has 0 aromatic heterocycles. The Labute approximate surface area is 162 Å². The van der Waals surface area contributed by atoms with Crippen LogP contribution in [0, 0.1) is 13.8 Å². The predicted octanol–water partition coefficient (Wildman–Crippen LogP) is 7.23. The second-order valence-corrected chi connectivity index (χ2v) is 7.31. The van der Waals surface area contributed by atoms with Crippen LogP contribution in [0.3, 0.4) is 0 Å². The number of benzene rings is 4. The summed E-state index contributed by atoms with van der Waals surface area (Å²) in [6, 6.07) is 35.2. The topological polar surface area (TPSA) is 0 Å². The molecule has 0 saturated heterocycles. The first-order valence-corrected chi connectivity index (χ1v) is 9.49. The van der Waals surface area contributed by atoms with Gasteiger partial charge in [0, 0.05) is 0 Å². The molecular weight excluding hydrogens is 324 g/mol. The summed E-state index contributed by atoms with van der Waals surface area (Å²) in [4.78, 5) is 0. The van der Waals surface area contributed by atoms with E-state index < -0.39 is 0 Å². The molecule has 0 aliphatic carbocycles. The van der Waals surface area contributed by atoms with E-state index in [1.807, 2.05) is 0 Å².